The summed E-state index contributed by atoms with van der Waals surface area (Å²) < 4.78 is 7.47. The number of carbonyl (C=O) groups excluding carboxylic acids is 1. The van der Waals surface area contributed by atoms with Gasteiger partial charge in [-0.3, -0.25) is 4.57 Å². The second-order valence-electron chi connectivity index (χ2n) is 3.67. The molecule has 1 aromatic heterocycles. The largest absolute Gasteiger partial charge is 0.467 e. The molecule has 90 valence electrons. The Morgan fingerprint density at radius 1 is 1.59 bits per heavy atom. The van der Waals surface area contributed by atoms with Crippen molar-refractivity contribution < 1.29 is 9.53 Å². The van der Waals surface area contributed by atoms with E-state index in [1.807, 2.05) is 18.2 Å². The van der Waals surface area contributed by atoms with Crippen LogP contribution in [0.5, 0.6) is 0 Å². The smallest absolute Gasteiger partial charge is 0.328 e. The summed E-state index contributed by atoms with van der Waals surface area (Å²) in [5.41, 5.74) is 7.46. The molecule has 1 aromatic carbocycles. The van der Waals surface area contributed by atoms with E-state index in [1.54, 1.807) is 11.5 Å². The second kappa shape index (κ2) is 4.52. The average Bonchev–Trinajstić information content (AvgIpc) is 2.62. The number of nitrogens with two attached hydrogens (primary N) is 1. The van der Waals surface area contributed by atoms with E-state index in [0.29, 0.717) is 5.95 Å². The van der Waals surface area contributed by atoms with Crippen LogP contribution in [0.15, 0.2) is 18.2 Å². The van der Waals surface area contributed by atoms with E-state index in [1.165, 1.54) is 7.11 Å². The molecule has 0 saturated carbocycles. The van der Waals surface area contributed by atoms with E-state index in [-0.39, 0.29) is 5.97 Å². The van der Waals surface area contributed by atoms with Gasteiger partial charge in [-0.25, -0.2) is 9.78 Å². The summed E-state index contributed by atoms with van der Waals surface area (Å²) in [6.45, 7) is 1.74. The Morgan fingerprint density at radius 3 is 2.94 bits per heavy atom. The van der Waals surface area contributed by atoms with Crippen LogP contribution in [-0.2, 0) is 9.53 Å². The van der Waals surface area contributed by atoms with Crippen LogP contribution in [0.2, 0.25) is 0 Å². The number of aromatic nitrogens is 2. The number of imidazole rings is 1. The number of fused-ring (bicyclic) bond motifs is 1. The maximum Gasteiger partial charge on any atom is 0.328 e. The Bertz CT molecular complexity index is 579. The number of rotatable bonds is 2. The van der Waals surface area contributed by atoms with Gasteiger partial charge >= 0.3 is 5.97 Å². The quantitative estimate of drug-likeness (QED) is 0.667. The molecule has 0 aliphatic carbocycles. The molecule has 6 heteroatoms. The molecular weight excluding hydrogens is 333 g/mol. The minimum Gasteiger partial charge on any atom is -0.467 e. The highest BCUT2D eigenvalue weighted by Crippen LogP contribution is 2.24. The Balaban J connectivity index is 2.61. The van der Waals surface area contributed by atoms with Crippen molar-refractivity contribution in [3.8, 4) is 0 Å². The van der Waals surface area contributed by atoms with Crippen molar-refractivity contribution in [1.82, 2.24) is 9.55 Å². The number of halogens is 1. The maximum absolute atomic E-state index is 11.5. The van der Waals surface area contributed by atoms with Gasteiger partial charge < -0.3 is 10.5 Å². The lowest BCUT2D eigenvalue weighted by atomic mass is 10.3. The highest BCUT2D eigenvalue weighted by atomic mass is 127. The zero-order valence-electron chi connectivity index (χ0n) is 9.48. The number of nitrogens with zero attached hydrogens (tertiary/aromatic N) is 2. The molecule has 5 nitrogen and oxygen atoms in total. The molecule has 2 rings (SSSR count). The summed E-state index contributed by atoms with van der Waals surface area (Å²) in [6, 6.07) is 5.29. The van der Waals surface area contributed by atoms with Gasteiger partial charge in [0.25, 0.3) is 0 Å². The lowest BCUT2D eigenvalue weighted by molar-refractivity contribution is -0.143. The maximum atomic E-state index is 11.5. The van der Waals surface area contributed by atoms with Crippen LogP contribution in [0.3, 0.4) is 0 Å². The molecule has 0 saturated heterocycles. The number of anilines is 1. The molecular formula is C11H12IN3O2. The molecule has 0 aliphatic heterocycles. The van der Waals surface area contributed by atoms with Crippen LogP contribution < -0.4 is 5.73 Å². The lowest BCUT2D eigenvalue weighted by Crippen LogP contribution is -2.19. The van der Waals surface area contributed by atoms with Gasteiger partial charge in [-0.15, -0.1) is 0 Å². The highest BCUT2D eigenvalue weighted by molar-refractivity contribution is 14.1. The summed E-state index contributed by atoms with van der Waals surface area (Å²) in [5.74, 6) is -0.0190. The predicted octanol–water partition coefficient (Wildman–Crippen LogP) is 1.96. The number of esters is 1. The Morgan fingerprint density at radius 2 is 2.29 bits per heavy atom. The van der Waals surface area contributed by atoms with E-state index in [9.17, 15) is 4.79 Å². The van der Waals surface area contributed by atoms with Gasteiger partial charge in [-0.05, 0) is 47.7 Å². The standard InChI is InChI=1S/C11H12IN3O2/c1-6(10(16)17-2)15-9-4-3-7(12)5-8(9)14-11(15)13/h3-6H,1-2H3,(H2,13,14). The van der Waals surface area contributed by atoms with Crippen molar-refractivity contribution in [2.24, 2.45) is 0 Å². The zero-order chi connectivity index (χ0) is 12.6. The monoisotopic (exact) mass is 345 g/mol. The van der Waals surface area contributed by atoms with E-state index in [4.69, 9.17) is 10.5 Å². The van der Waals surface area contributed by atoms with E-state index in [0.717, 1.165) is 14.6 Å². The first-order chi connectivity index (χ1) is 8.04. The summed E-state index contributed by atoms with van der Waals surface area (Å²) in [5, 5.41) is 0. The van der Waals surface area contributed by atoms with Crippen molar-refractivity contribution in [2.75, 3.05) is 12.8 Å². The Labute approximate surface area is 112 Å². The topological polar surface area (TPSA) is 70.1 Å². The van der Waals surface area contributed by atoms with Gasteiger partial charge in [0.05, 0.1) is 18.1 Å². The van der Waals surface area contributed by atoms with Crippen LogP contribution in [0.1, 0.15) is 13.0 Å². The molecule has 1 unspecified atom stereocenters. The third kappa shape index (κ3) is 2.08. The molecule has 0 radical (unpaired) electrons. The van der Waals surface area contributed by atoms with Gasteiger partial charge in [0, 0.05) is 3.57 Å². The normalized spacial score (nSPS) is 12.6. The number of ether oxygens (including phenoxy) is 1. The predicted molar refractivity (Wildman–Crippen MR) is 73.6 cm³/mol. The van der Waals surface area contributed by atoms with Gasteiger partial charge in [0.15, 0.2) is 0 Å². The van der Waals surface area contributed by atoms with Crippen molar-refractivity contribution >= 4 is 45.5 Å². The summed E-state index contributed by atoms with van der Waals surface area (Å²) in [4.78, 5) is 15.8. The number of hydrogen-bond acceptors (Lipinski definition) is 4. The fourth-order valence-corrected chi connectivity index (χ4v) is 2.25. The number of hydrogen-bond donors (Lipinski definition) is 1. The average molecular weight is 345 g/mol. The Kier molecular flexibility index (Phi) is 3.23. The molecule has 0 spiro atoms. The minimum absolute atomic E-state index is 0.319. The fraction of sp³-hybridized carbons (Fsp3) is 0.273. The molecule has 1 atom stereocenters. The molecule has 17 heavy (non-hydrogen) atoms. The van der Waals surface area contributed by atoms with Crippen molar-refractivity contribution in [2.45, 2.75) is 13.0 Å². The van der Waals surface area contributed by atoms with Crippen LogP contribution in [0, 0.1) is 3.57 Å². The van der Waals surface area contributed by atoms with E-state index in [2.05, 4.69) is 27.6 Å². The molecule has 1 heterocycles. The van der Waals surface area contributed by atoms with Gasteiger partial charge in [-0.2, -0.15) is 0 Å². The third-order valence-corrected chi connectivity index (χ3v) is 3.28. The zero-order valence-corrected chi connectivity index (χ0v) is 11.6. The van der Waals surface area contributed by atoms with Crippen LogP contribution >= 0.6 is 22.6 Å². The van der Waals surface area contributed by atoms with Gasteiger partial charge in [0.1, 0.15) is 6.04 Å². The van der Waals surface area contributed by atoms with Crippen LogP contribution in [0.4, 0.5) is 5.95 Å². The molecule has 0 bridgehead atoms. The first-order valence-electron chi connectivity index (χ1n) is 5.05. The van der Waals surface area contributed by atoms with Crippen molar-refractivity contribution in [3.05, 3.63) is 21.8 Å². The molecule has 2 aromatic rings. The van der Waals surface area contributed by atoms with Crippen molar-refractivity contribution in [3.63, 3.8) is 0 Å². The van der Waals surface area contributed by atoms with Crippen molar-refractivity contribution in [1.29, 1.82) is 0 Å². The first-order valence-corrected chi connectivity index (χ1v) is 6.13. The summed E-state index contributed by atoms with van der Waals surface area (Å²) >= 11 is 2.21. The molecule has 2 N–H and O–H groups in total. The minimum atomic E-state index is -0.481. The molecule has 0 aliphatic rings. The summed E-state index contributed by atoms with van der Waals surface area (Å²) in [6.07, 6.45) is 0. The molecule has 0 amide bonds. The van der Waals surface area contributed by atoms with E-state index >= 15 is 0 Å². The number of carbonyl (C=O) groups is 1. The van der Waals surface area contributed by atoms with Crippen LogP contribution in [-0.4, -0.2) is 22.6 Å². The Hall–Kier alpha value is -1.31. The number of methoxy groups -OCH3 is 1. The third-order valence-electron chi connectivity index (χ3n) is 2.61. The number of nitrogen functional groups attached to an aromatic ring is 1. The van der Waals surface area contributed by atoms with Gasteiger partial charge in [-0.1, -0.05) is 0 Å². The van der Waals surface area contributed by atoms with Gasteiger partial charge in [0.2, 0.25) is 5.95 Å². The fourth-order valence-electron chi connectivity index (χ4n) is 1.77. The highest BCUT2D eigenvalue weighted by Gasteiger charge is 2.20. The summed E-state index contributed by atoms with van der Waals surface area (Å²) in [7, 11) is 1.36. The number of benzene rings is 1. The first kappa shape index (κ1) is 12.2. The van der Waals surface area contributed by atoms with E-state index < -0.39 is 6.04 Å². The molecule has 0 fully saturated rings. The lowest BCUT2D eigenvalue weighted by Gasteiger charge is -2.13. The van der Waals surface area contributed by atoms with Crippen LogP contribution in [0.25, 0.3) is 11.0 Å². The SMILES string of the molecule is COC(=O)C(C)n1c(N)nc2cc(I)ccc21. The second-order valence-corrected chi connectivity index (χ2v) is 4.92.